The van der Waals surface area contributed by atoms with E-state index < -0.39 is 0 Å². The van der Waals surface area contributed by atoms with Crippen LogP contribution in [0.1, 0.15) is 43.5 Å². The number of fused-ring (bicyclic) bond motifs is 5. The summed E-state index contributed by atoms with van der Waals surface area (Å²) in [4.78, 5) is 17.4. The summed E-state index contributed by atoms with van der Waals surface area (Å²) in [6, 6.07) is 9.13. The van der Waals surface area contributed by atoms with Crippen molar-refractivity contribution in [1.82, 2.24) is 9.88 Å². The summed E-state index contributed by atoms with van der Waals surface area (Å²) < 4.78 is 0. The number of nitrogens with one attached hydrogen (secondary N) is 1. The molecule has 3 nitrogen and oxygen atoms in total. The number of aldehydes is 1. The summed E-state index contributed by atoms with van der Waals surface area (Å²) in [7, 11) is 0. The quantitative estimate of drug-likeness (QED) is 0.877. The van der Waals surface area contributed by atoms with Crippen LogP contribution in [0.15, 0.2) is 24.3 Å². The number of piperidine rings is 1. The minimum atomic E-state index is 0.476. The third-order valence-corrected chi connectivity index (χ3v) is 5.85. The standard InChI is InChI=1S/C19H24N2O/c1-2-13-12-21-9-7-16-15-5-3-4-6-17(15)20-19(16)18(21)11-14(13)8-10-22/h3-6,10,13-14,18,20H,2,7-9,11-12H2,1H3/t13-,14-,18+/m0/s1. The molecule has 2 aliphatic rings. The van der Waals surface area contributed by atoms with Gasteiger partial charge in [0.15, 0.2) is 0 Å². The molecule has 0 unspecified atom stereocenters. The number of carbonyl (C=O) groups is 1. The molecule has 0 aliphatic carbocycles. The molecule has 0 spiro atoms. The van der Waals surface area contributed by atoms with Crippen LogP contribution in [0.25, 0.3) is 10.9 Å². The van der Waals surface area contributed by atoms with Gasteiger partial charge in [0, 0.05) is 36.1 Å². The summed E-state index contributed by atoms with van der Waals surface area (Å²) in [6.07, 6.45) is 5.29. The molecule has 1 N–H and O–H groups in total. The Morgan fingerprint density at radius 2 is 2.18 bits per heavy atom. The molecule has 22 heavy (non-hydrogen) atoms. The highest BCUT2D eigenvalue weighted by atomic mass is 16.1. The fourth-order valence-electron chi connectivity index (χ4n) is 4.66. The van der Waals surface area contributed by atoms with E-state index in [9.17, 15) is 4.79 Å². The van der Waals surface area contributed by atoms with E-state index >= 15 is 0 Å². The number of rotatable bonds is 3. The lowest BCUT2D eigenvalue weighted by Crippen LogP contribution is -2.45. The van der Waals surface area contributed by atoms with E-state index in [-0.39, 0.29) is 0 Å². The van der Waals surface area contributed by atoms with Crippen molar-refractivity contribution in [2.45, 2.75) is 38.6 Å². The van der Waals surface area contributed by atoms with E-state index in [1.807, 2.05) is 0 Å². The normalized spacial score (nSPS) is 28.3. The minimum absolute atomic E-state index is 0.476. The maximum atomic E-state index is 11.1. The van der Waals surface area contributed by atoms with Crippen molar-refractivity contribution < 1.29 is 4.79 Å². The fourth-order valence-corrected chi connectivity index (χ4v) is 4.66. The third kappa shape index (κ3) is 2.11. The summed E-state index contributed by atoms with van der Waals surface area (Å²) in [5, 5.41) is 1.39. The zero-order valence-electron chi connectivity index (χ0n) is 13.2. The van der Waals surface area contributed by atoms with Crippen molar-refractivity contribution in [3.63, 3.8) is 0 Å². The second kappa shape index (κ2) is 5.54. The Labute approximate surface area is 131 Å². The van der Waals surface area contributed by atoms with Crippen molar-refractivity contribution in [3.05, 3.63) is 35.5 Å². The van der Waals surface area contributed by atoms with Crippen LogP contribution in [0.4, 0.5) is 0 Å². The molecule has 0 saturated carbocycles. The predicted octanol–water partition coefficient (Wildman–Crippen LogP) is 3.70. The lowest BCUT2D eigenvalue weighted by molar-refractivity contribution is -0.109. The number of aromatic amines is 1. The molecule has 1 aromatic carbocycles. The molecular formula is C19H24N2O. The molecular weight excluding hydrogens is 272 g/mol. The topological polar surface area (TPSA) is 36.1 Å². The number of aromatic nitrogens is 1. The highest BCUT2D eigenvalue weighted by Crippen LogP contribution is 2.44. The zero-order valence-corrected chi connectivity index (χ0v) is 13.2. The van der Waals surface area contributed by atoms with Gasteiger partial charge in [0.05, 0.1) is 6.04 Å². The molecule has 2 aromatic rings. The highest BCUT2D eigenvalue weighted by Gasteiger charge is 2.39. The van der Waals surface area contributed by atoms with Crippen LogP contribution in [0, 0.1) is 11.8 Å². The molecule has 2 aliphatic heterocycles. The Morgan fingerprint density at radius 1 is 1.32 bits per heavy atom. The van der Waals surface area contributed by atoms with Crippen LogP contribution >= 0.6 is 0 Å². The number of carbonyl (C=O) groups excluding carboxylic acids is 1. The number of nitrogens with zero attached hydrogens (tertiary/aromatic N) is 1. The summed E-state index contributed by atoms with van der Waals surface area (Å²) >= 11 is 0. The minimum Gasteiger partial charge on any atom is -0.357 e. The van der Waals surface area contributed by atoms with Crippen LogP contribution in [-0.4, -0.2) is 29.3 Å². The first kappa shape index (κ1) is 14.0. The zero-order chi connectivity index (χ0) is 15.1. The van der Waals surface area contributed by atoms with Crippen LogP contribution < -0.4 is 0 Å². The van der Waals surface area contributed by atoms with Gasteiger partial charge in [-0.3, -0.25) is 4.90 Å². The Hall–Kier alpha value is -1.61. The number of hydrogen-bond acceptors (Lipinski definition) is 2. The average molecular weight is 296 g/mol. The average Bonchev–Trinajstić information content (AvgIpc) is 2.93. The van der Waals surface area contributed by atoms with Gasteiger partial charge in [-0.05, 0) is 36.3 Å². The molecule has 1 fully saturated rings. The molecule has 1 saturated heterocycles. The lowest BCUT2D eigenvalue weighted by atomic mass is 9.76. The molecule has 3 atom stereocenters. The first-order chi connectivity index (χ1) is 10.8. The largest absolute Gasteiger partial charge is 0.357 e. The maximum absolute atomic E-state index is 11.1. The first-order valence-corrected chi connectivity index (χ1v) is 8.59. The molecule has 116 valence electrons. The Balaban J connectivity index is 1.72. The molecule has 3 heterocycles. The monoisotopic (exact) mass is 296 g/mol. The van der Waals surface area contributed by atoms with Crippen molar-refractivity contribution in [3.8, 4) is 0 Å². The van der Waals surface area contributed by atoms with Gasteiger partial charge >= 0.3 is 0 Å². The summed E-state index contributed by atoms with van der Waals surface area (Å²) in [5.41, 5.74) is 4.19. The lowest BCUT2D eigenvalue weighted by Gasteiger charge is -2.46. The summed E-state index contributed by atoms with van der Waals surface area (Å²) in [6.45, 7) is 4.57. The van der Waals surface area contributed by atoms with E-state index in [4.69, 9.17) is 0 Å². The van der Waals surface area contributed by atoms with Gasteiger partial charge in [-0.15, -0.1) is 0 Å². The number of hydrogen-bond donors (Lipinski definition) is 1. The van der Waals surface area contributed by atoms with Crippen LogP contribution in [0.3, 0.4) is 0 Å². The Kier molecular flexibility index (Phi) is 3.53. The highest BCUT2D eigenvalue weighted by molar-refractivity contribution is 5.85. The molecule has 1 aromatic heterocycles. The number of benzene rings is 1. The van der Waals surface area contributed by atoms with Gasteiger partial charge in [-0.1, -0.05) is 31.5 Å². The van der Waals surface area contributed by atoms with Crippen LogP contribution in [0.5, 0.6) is 0 Å². The third-order valence-electron chi connectivity index (χ3n) is 5.85. The van der Waals surface area contributed by atoms with E-state index in [1.54, 1.807) is 0 Å². The van der Waals surface area contributed by atoms with E-state index in [1.165, 1.54) is 28.6 Å². The van der Waals surface area contributed by atoms with Gasteiger partial charge < -0.3 is 9.78 Å². The number of H-pyrrole nitrogens is 1. The molecule has 4 rings (SSSR count). The van der Waals surface area contributed by atoms with Gasteiger partial charge in [0.25, 0.3) is 0 Å². The van der Waals surface area contributed by atoms with E-state index in [2.05, 4.69) is 41.1 Å². The van der Waals surface area contributed by atoms with Gasteiger partial charge in [-0.2, -0.15) is 0 Å². The maximum Gasteiger partial charge on any atom is 0.120 e. The Morgan fingerprint density at radius 3 is 3.00 bits per heavy atom. The van der Waals surface area contributed by atoms with Crippen LogP contribution in [0.2, 0.25) is 0 Å². The molecule has 3 heteroatoms. The number of para-hydroxylation sites is 1. The molecule has 0 amide bonds. The fraction of sp³-hybridized carbons (Fsp3) is 0.526. The van der Waals surface area contributed by atoms with Gasteiger partial charge in [-0.25, -0.2) is 0 Å². The molecule has 0 bridgehead atoms. The van der Waals surface area contributed by atoms with E-state index in [0.29, 0.717) is 17.9 Å². The van der Waals surface area contributed by atoms with Crippen LogP contribution in [-0.2, 0) is 11.2 Å². The second-order valence-corrected chi connectivity index (χ2v) is 6.89. The van der Waals surface area contributed by atoms with Crippen molar-refractivity contribution in [2.24, 2.45) is 11.8 Å². The van der Waals surface area contributed by atoms with Crippen molar-refractivity contribution in [2.75, 3.05) is 13.1 Å². The second-order valence-electron chi connectivity index (χ2n) is 6.89. The SMILES string of the molecule is CC[C@H]1CN2CCc3c([nH]c4ccccc34)[C@H]2C[C@@H]1CC=O. The van der Waals surface area contributed by atoms with Crippen molar-refractivity contribution >= 4 is 17.2 Å². The summed E-state index contributed by atoms with van der Waals surface area (Å²) in [5.74, 6) is 1.22. The first-order valence-electron chi connectivity index (χ1n) is 8.59. The van der Waals surface area contributed by atoms with Crippen molar-refractivity contribution in [1.29, 1.82) is 0 Å². The molecule has 0 radical (unpaired) electrons. The Bertz CT molecular complexity index is 690. The predicted molar refractivity (Wildman–Crippen MR) is 88.9 cm³/mol. The smallest absolute Gasteiger partial charge is 0.120 e. The van der Waals surface area contributed by atoms with Gasteiger partial charge in [0.2, 0.25) is 0 Å². The van der Waals surface area contributed by atoms with Gasteiger partial charge in [0.1, 0.15) is 6.29 Å². The van der Waals surface area contributed by atoms with E-state index in [0.717, 1.165) is 38.6 Å².